The summed E-state index contributed by atoms with van der Waals surface area (Å²) in [4.78, 5) is 16.1. The molecule has 6 nitrogen and oxygen atoms in total. The minimum absolute atomic E-state index is 0. The van der Waals surface area contributed by atoms with Crippen molar-refractivity contribution >= 4 is 36.4 Å². The van der Waals surface area contributed by atoms with E-state index in [-0.39, 0.29) is 42.9 Å². The van der Waals surface area contributed by atoms with Crippen LogP contribution in [-0.4, -0.2) is 21.1 Å². The van der Waals surface area contributed by atoms with Gasteiger partial charge < -0.3 is 10.1 Å². The molecule has 0 bridgehead atoms. The molecule has 0 spiro atoms. The number of H-pyrrole nitrogens is 1. The Balaban J connectivity index is 0.00000196. The van der Waals surface area contributed by atoms with Gasteiger partial charge in [0.1, 0.15) is 18.1 Å². The fourth-order valence-electron chi connectivity index (χ4n) is 2.19. The molecule has 3 rings (SSSR count). The van der Waals surface area contributed by atoms with Gasteiger partial charge in [-0.05, 0) is 29.8 Å². The van der Waals surface area contributed by atoms with Crippen molar-refractivity contribution in [2.24, 2.45) is 0 Å². The molecule has 0 radical (unpaired) electrons. The van der Waals surface area contributed by atoms with E-state index in [0.29, 0.717) is 11.3 Å². The van der Waals surface area contributed by atoms with Crippen LogP contribution in [0.2, 0.25) is 0 Å². The molecule has 2 N–H and O–H groups in total. The van der Waals surface area contributed by atoms with E-state index in [0.717, 1.165) is 6.07 Å². The first-order valence-electron chi connectivity index (χ1n) is 7.47. The Bertz CT molecular complexity index is 905. The topological polar surface area (TPSA) is 79.9 Å². The molecule has 1 amide bonds. The lowest BCUT2D eigenvalue weighted by atomic mass is 10.2. The van der Waals surface area contributed by atoms with E-state index in [4.69, 9.17) is 4.74 Å². The van der Waals surface area contributed by atoms with E-state index < -0.39 is 17.6 Å². The highest BCUT2D eigenvalue weighted by molar-refractivity contribution is 6.02. The summed E-state index contributed by atoms with van der Waals surface area (Å²) >= 11 is 0. The van der Waals surface area contributed by atoms with E-state index in [1.54, 1.807) is 6.07 Å². The number of para-hydroxylation sites is 1. The maximum absolute atomic E-state index is 13.0. The summed E-state index contributed by atoms with van der Waals surface area (Å²) in [5.74, 6) is -0.745. The number of carbonyl (C=O) groups is 1. The molecular weight excluding hydrogens is 420 g/mol. The van der Waals surface area contributed by atoms with Gasteiger partial charge in [0.2, 0.25) is 0 Å². The number of anilines is 1. The number of alkyl halides is 3. The van der Waals surface area contributed by atoms with Gasteiger partial charge in [-0.1, -0.05) is 12.1 Å². The van der Waals surface area contributed by atoms with E-state index in [1.165, 1.54) is 42.9 Å². The summed E-state index contributed by atoms with van der Waals surface area (Å²) in [5, 5.41) is 8.85. The van der Waals surface area contributed by atoms with Gasteiger partial charge in [-0.2, -0.15) is 18.3 Å². The number of nitrogens with one attached hydrogen (secondary N) is 2. The number of benzene rings is 1. The third-order valence-corrected chi connectivity index (χ3v) is 3.40. The molecule has 0 unspecified atom stereocenters. The molecule has 0 aliphatic carbocycles. The van der Waals surface area contributed by atoms with Gasteiger partial charge in [0.15, 0.2) is 0 Å². The Labute approximate surface area is 170 Å². The maximum Gasteiger partial charge on any atom is 0.419 e. The van der Waals surface area contributed by atoms with E-state index in [9.17, 15) is 18.0 Å². The number of aromatic amines is 1. The zero-order valence-corrected chi connectivity index (χ0v) is 15.7. The van der Waals surface area contributed by atoms with Gasteiger partial charge in [-0.25, -0.2) is 0 Å². The fourth-order valence-corrected chi connectivity index (χ4v) is 2.19. The van der Waals surface area contributed by atoms with Crippen LogP contribution in [0.5, 0.6) is 5.75 Å². The predicted octanol–water partition coefficient (Wildman–Crippen LogP) is 4.50. The van der Waals surface area contributed by atoms with Crippen molar-refractivity contribution in [3.8, 4) is 5.75 Å². The molecule has 28 heavy (non-hydrogen) atoms. The van der Waals surface area contributed by atoms with Crippen LogP contribution in [0.1, 0.15) is 21.6 Å². The monoisotopic (exact) mass is 434 g/mol. The molecule has 0 fully saturated rings. The number of ether oxygens (including phenoxy) is 1. The fraction of sp³-hybridized carbons (Fsp3) is 0.118. The van der Waals surface area contributed by atoms with Crippen LogP contribution >= 0.6 is 24.8 Å². The Morgan fingerprint density at radius 1 is 1.18 bits per heavy atom. The molecule has 0 aliphatic rings. The third-order valence-electron chi connectivity index (χ3n) is 3.40. The number of hydrogen-bond donors (Lipinski definition) is 2. The molecule has 0 aliphatic heterocycles. The van der Waals surface area contributed by atoms with Gasteiger partial charge in [-0.3, -0.25) is 14.9 Å². The van der Waals surface area contributed by atoms with Crippen molar-refractivity contribution < 1.29 is 22.7 Å². The third kappa shape index (κ3) is 5.86. The number of aromatic nitrogens is 3. The lowest BCUT2D eigenvalue weighted by Crippen LogP contribution is -2.14. The largest absolute Gasteiger partial charge is 0.488 e. The first-order chi connectivity index (χ1) is 12.4. The Hall–Kier alpha value is -2.78. The zero-order chi connectivity index (χ0) is 18.6. The molecule has 2 heterocycles. The van der Waals surface area contributed by atoms with E-state index >= 15 is 0 Å². The summed E-state index contributed by atoms with van der Waals surface area (Å²) < 4.78 is 44.2. The molecule has 0 atom stereocenters. The normalized spacial score (nSPS) is 10.4. The molecule has 2 aromatic heterocycles. The predicted molar refractivity (Wildman–Crippen MR) is 101 cm³/mol. The zero-order valence-electron chi connectivity index (χ0n) is 14.1. The number of rotatable bonds is 5. The molecule has 0 saturated carbocycles. The summed E-state index contributed by atoms with van der Waals surface area (Å²) in [5.41, 5.74) is 0.232. The van der Waals surface area contributed by atoms with E-state index in [1.807, 2.05) is 0 Å². The average molecular weight is 435 g/mol. The molecule has 150 valence electrons. The summed E-state index contributed by atoms with van der Waals surface area (Å²) in [6.07, 6.45) is -0.193. The number of amides is 1. The van der Waals surface area contributed by atoms with Crippen LogP contribution in [-0.2, 0) is 12.8 Å². The second-order valence-corrected chi connectivity index (χ2v) is 5.27. The molecule has 0 saturated heterocycles. The van der Waals surface area contributed by atoms with Crippen LogP contribution < -0.4 is 10.1 Å². The number of nitrogens with zero attached hydrogens (tertiary/aromatic N) is 2. The van der Waals surface area contributed by atoms with Gasteiger partial charge in [0.05, 0.1) is 17.4 Å². The van der Waals surface area contributed by atoms with Gasteiger partial charge >= 0.3 is 6.18 Å². The van der Waals surface area contributed by atoms with Crippen LogP contribution in [0.3, 0.4) is 0 Å². The Morgan fingerprint density at radius 3 is 2.61 bits per heavy atom. The molecule has 11 heteroatoms. The molecular formula is C17H15Cl2F3N4O2. The minimum Gasteiger partial charge on any atom is -0.488 e. The van der Waals surface area contributed by atoms with Crippen molar-refractivity contribution in [3.05, 3.63) is 71.8 Å². The second kappa shape index (κ2) is 9.95. The van der Waals surface area contributed by atoms with Gasteiger partial charge in [-0.15, -0.1) is 24.8 Å². The van der Waals surface area contributed by atoms with Gasteiger partial charge in [0.25, 0.3) is 5.91 Å². The standard InChI is InChI=1S/C17H13F3N4O2.2ClH/c18-17(19,20)13-3-1-2-4-15(13)26-10-11-5-6-21-14(7-11)16(25)24-12-8-22-23-9-12;;/h1-9H,10H2,(H,22,23)(H,24,25);2*1H. The SMILES string of the molecule is Cl.Cl.O=C(Nc1cn[nH]c1)c1cc(COc2ccccc2C(F)(F)F)ccn1. The van der Waals surface area contributed by atoms with Crippen LogP contribution in [0.15, 0.2) is 55.0 Å². The second-order valence-electron chi connectivity index (χ2n) is 5.27. The highest BCUT2D eigenvalue weighted by Gasteiger charge is 2.34. The van der Waals surface area contributed by atoms with Crippen molar-refractivity contribution in [1.82, 2.24) is 15.2 Å². The summed E-state index contributed by atoms with van der Waals surface area (Å²) in [7, 11) is 0. The number of hydrogen-bond acceptors (Lipinski definition) is 4. The summed E-state index contributed by atoms with van der Waals surface area (Å²) in [6, 6.07) is 7.96. The van der Waals surface area contributed by atoms with Crippen LogP contribution in [0.4, 0.5) is 18.9 Å². The van der Waals surface area contributed by atoms with Gasteiger partial charge in [0, 0.05) is 12.4 Å². The Kier molecular flexibility index (Phi) is 8.27. The quantitative estimate of drug-likeness (QED) is 0.619. The highest BCUT2D eigenvalue weighted by atomic mass is 35.5. The first kappa shape index (κ1) is 23.3. The van der Waals surface area contributed by atoms with Crippen molar-refractivity contribution in [1.29, 1.82) is 0 Å². The van der Waals surface area contributed by atoms with Crippen LogP contribution in [0, 0.1) is 0 Å². The van der Waals surface area contributed by atoms with E-state index in [2.05, 4.69) is 20.5 Å². The number of carbonyl (C=O) groups excluding carboxylic acids is 1. The summed E-state index contributed by atoms with van der Waals surface area (Å²) in [6.45, 7) is -0.137. The smallest absolute Gasteiger partial charge is 0.419 e. The lowest BCUT2D eigenvalue weighted by Gasteiger charge is -2.13. The lowest BCUT2D eigenvalue weighted by molar-refractivity contribution is -0.139. The van der Waals surface area contributed by atoms with Crippen molar-refractivity contribution in [2.75, 3.05) is 5.32 Å². The van der Waals surface area contributed by atoms with Crippen molar-refractivity contribution in [3.63, 3.8) is 0 Å². The first-order valence-corrected chi connectivity index (χ1v) is 7.47. The van der Waals surface area contributed by atoms with Crippen molar-refractivity contribution in [2.45, 2.75) is 12.8 Å². The maximum atomic E-state index is 13.0. The minimum atomic E-state index is -4.51. The average Bonchev–Trinajstić information content (AvgIpc) is 3.12. The number of pyridine rings is 1. The molecule has 1 aromatic carbocycles. The van der Waals surface area contributed by atoms with Crippen LogP contribution in [0.25, 0.3) is 0 Å². The number of halogens is 5. The Morgan fingerprint density at radius 2 is 1.93 bits per heavy atom. The highest BCUT2D eigenvalue weighted by Crippen LogP contribution is 2.36. The molecule has 3 aromatic rings.